The lowest BCUT2D eigenvalue weighted by Gasteiger charge is -2.14. The molecule has 0 bridgehead atoms. The molecule has 34 heavy (non-hydrogen) atoms. The van der Waals surface area contributed by atoms with Crippen molar-refractivity contribution in [3.05, 3.63) is 76.9 Å². The summed E-state index contributed by atoms with van der Waals surface area (Å²) in [5.41, 5.74) is 1.18. The van der Waals surface area contributed by atoms with Crippen LogP contribution in [0.15, 0.2) is 53.4 Å². The monoisotopic (exact) mass is 490 g/mol. The van der Waals surface area contributed by atoms with E-state index >= 15 is 0 Å². The van der Waals surface area contributed by atoms with Crippen LogP contribution < -0.4 is 18.9 Å². The Balaban J connectivity index is 2.08. The molecule has 3 aromatic carbocycles. The van der Waals surface area contributed by atoms with Crippen molar-refractivity contribution in [2.75, 3.05) is 28.4 Å². The Morgan fingerprint density at radius 2 is 1.44 bits per heavy atom. The Hall–Kier alpha value is -3.59. The Morgan fingerprint density at radius 3 is 2.00 bits per heavy atom. The summed E-state index contributed by atoms with van der Waals surface area (Å²) in [5.74, 6) is -0.892. The molecule has 0 N–H and O–H groups in total. The molecule has 0 heterocycles. The normalized spacial score (nSPS) is 11.5. The topological polar surface area (TPSA) is 71.1 Å². The number of sulfone groups is 1. The van der Waals surface area contributed by atoms with Gasteiger partial charge in [0.1, 0.15) is 5.82 Å². The second-order valence-corrected chi connectivity index (χ2v) is 9.15. The standard InChI is InChI=1S/C25H24F2O6S/c1-30-22-12-16(13-23(31-2)25(22)33-4)8-9-17-10-11-21(27)24(32-3)20(17)15-34(28,29)19-7-5-6-18(26)14-19/h5-14H,15H2,1-4H3/b9-8-. The largest absolute Gasteiger partial charge is 0.493 e. The third kappa shape index (κ3) is 5.31. The highest BCUT2D eigenvalue weighted by Crippen LogP contribution is 2.39. The SMILES string of the molecule is COc1cc(/C=C\c2ccc(F)c(OC)c2CS(=O)(=O)c2cccc(F)c2)cc(OC)c1OC. The molecule has 180 valence electrons. The summed E-state index contributed by atoms with van der Waals surface area (Å²) >= 11 is 0. The molecule has 3 rings (SSSR count). The molecule has 0 radical (unpaired) electrons. The minimum atomic E-state index is -4.00. The maximum Gasteiger partial charge on any atom is 0.203 e. The summed E-state index contributed by atoms with van der Waals surface area (Å²) in [6, 6.07) is 10.7. The van der Waals surface area contributed by atoms with Crippen molar-refractivity contribution >= 4 is 22.0 Å². The van der Waals surface area contributed by atoms with Gasteiger partial charge in [-0.1, -0.05) is 24.3 Å². The molecule has 0 fully saturated rings. The zero-order chi connectivity index (χ0) is 24.9. The van der Waals surface area contributed by atoms with E-state index in [4.69, 9.17) is 18.9 Å². The molecule has 0 aliphatic heterocycles. The summed E-state index contributed by atoms with van der Waals surface area (Å²) in [7, 11) is 1.73. The first-order valence-electron chi connectivity index (χ1n) is 10.1. The fraction of sp³-hybridized carbons (Fsp3) is 0.200. The van der Waals surface area contributed by atoms with Crippen LogP contribution in [-0.2, 0) is 15.6 Å². The van der Waals surface area contributed by atoms with Crippen LogP contribution in [-0.4, -0.2) is 36.9 Å². The van der Waals surface area contributed by atoms with Crippen molar-refractivity contribution in [1.29, 1.82) is 0 Å². The van der Waals surface area contributed by atoms with Gasteiger partial charge in [-0.15, -0.1) is 0 Å². The number of benzene rings is 3. The maximum atomic E-state index is 14.5. The number of halogens is 2. The van der Waals surface area contributed by atoms with Gasteiger partial charge in [0.05, 0.1) is 39.1 Å². The lowest BCUT2D eigenvalue weighted by atomic mass is 10.0. The smallest absolute Gasteiger partial charge is 0.203 e. The van der Waals surface area contributed by atoms with Gasteiger partial charge in [-0.3, -0.25) is 0 Å². The molecule has 0 saturated carbocycles. The first-order valence-corrected chi connectivity index (χ1v) is 11.7. The Morgan fingerprint density at radius 1 is 0.794 bits per heavy atom. The molecule has 0 saturated heterocycles. The van der Waals surface area contributed by atoms with Gasteiger partial charge in [0, 0.05) is 5.56 Å². The summed E-state index contributed by atoms with van der Waals surface area (Å²) in [5, 5.41) is 0. The molecular weight excluding hydrogens is 466 g/mol. The highest BCUT2D eigenvalue weighted by molar-refractivity contribution is 7.90. The van der Waals surface area contributed by atoms with Gasteiger partial charge in [-0.05, 0) is 47.5 Å². The van der Waals surface area contributed by atoms with Crippen LogP contribution in [0.25, 0.3) is 12.2 Å². The van der Waals surface area contributed by atoms with Crippen molar-refractivity contribution in [2.45, 2.75) is 10.6 Å². The fourth-order valence-electron chi connectivity index (χ4n) is 3.46. The van der Waals surface area contributed by atoms with Crippen LogP contribution in [0.2, 0.25) is 0 Å². The van der Waals surface area contributed by atoms with Crippen LogP contribution in [0.3, 0.4) is 0 Å². The molecule has 0 spiro atoms. The highest BCUT2D eigenvalue weighted by Gasteiger charge is 2.23. The molecule has 0 aliphatic rings. The van der Waals surface area contributed by atoms with Crippen molar-refractivity contribution < 1.29 is 36.1 Å². The maximum absolute atomic E-state index is 14.5. The number of rotatable bonds is 9. The summed E-state index contributed by atoms with van der Waals surface area (Å²) in [6.45, 7) is 0. The third-order valence-corrected chi connectivity index (χ3v) is 6.73. The second-order valence-electron chi connectivity index (χ2n) is 7.16. The first kappa shape index (κ1) is 25.0. The van der Waals surface area contributed by atoms with Gasteiger partial charge < -0.3 is 18.9 Å². The van der Waals surface area contributed by atoms with Crippen LogP contribution in [0, 0.1) is 11.6 Å². The Labute approximate surface area is 197 Å². The molecule has 9 heteroatoms. The Bertz CT molecular complexity index is 1290. The molecular formula is C25H24F2O6S. The van der Waals surface area contributed by atoms with Gasteiger partial charge in [-0.25, -0.2) is 17.2 Å². The first-order chi connectivity index (χ1) is 16.2. The van der Waals surface area contributed by atoms with E-state index in [9.17, 15) is 17.2 Å². The van der Waals surface area contributed by atoms with E-state index in [1.165, 1.54) is 52.7 Å². The van der Waals surface area contributed by atoms with Crippen molar-refractivity contribution in [3.63, 3.8) is 0 Å². The zero-order valence-electron chi connectivity index (χ0n) is 19.1. The van der Waals surface area contributed by atoms with Crippen molar-refractivity contribution in [1.82, 2.24) is 0 Å². The van der Waals surface area contributed by atoms with Crippen LogP contribution in [0.4, 0.5) is 8.78 Å². The molecule has 3 aromatic rings. The molecule has 0 aliphatic carbocycles. The van der Waals surface area contributed by atoms with E-state index in [1.54, 1.807) is 24.3 Å². The van der Waals surface area contributed by atoms with E-state index < -0.39 is 27.2 Å². The van der Waals surface area contributed by atoms with Gasteiger partial charge in [0.15, 0.2) is 32.9 Å². The van der Waals surface area contributed by atoms with Gasteiger partial charge in [-0.2, -0.15) is 0 Å². The van der Waals surface area contributed by atoms with E-state index in [1.807, 2.05) is 0 Å². The van der Waals surface area contributed by atoms with E-state index in [2.05, 4.69) is 0 Å². The highest BCUT2D eigenvalue weighted by atomic mass is 32.2. The van der Waals surface area contributed by atoms with Crippen molar-refractivity contribution in [2.24, 2.45) is 0 Å². The van der Waals surface area contributed by atoms with Gasteiger partial charge in [0.25, 0.3) is 0 Å². The van der Waals surface area contributed by atoms with Crippen LogP contribution in [0.5, 0.6) is 23.0 Å². The third-order valence-electron chi connectivity index (χ3n) is 5.08. The fourth-order valence-corrected chi connectivity index (χ4v) is 4.88. The van der Waals surface area contributed by atoms with Gasteiger partial charge in [0.2, 0.25) is 5.75 Å². The van der Waals surface area contributed by atoms with Crippen molar-refractivity contribution in [3.8, 4) is 23.0 Å². The molecule has 0 aromatic heterocycles. The number of methoxy groups -OCH3 is 4. The average Bonchev–Trinajstić information content (AvgIpc) is 2.82. The van der Waals surface area contributed by atoms with Crippen LogP contribution >= 0.6 is 0 Å². The average molecular weight is 491 g/mol. The Kier molecular flexibility index (Phi) is 7.78. The minimum absolute atomic E-state index is 0.107. The molecule has 0 atom stereocenters. The molecule has 6 nitrogen and oxygen atoms in total. The lowest BCUT2D eigenvalue weighted by molar-refractivity contribution is 0.324. The minimum Gasteiger partial charge on any atom is -0.493 e. The van der Waals surface area contributed by atoms with E-state index in [-0.39, 0.29) is 16.2 Å². The second kappa shape index (κ2) is 10.6. The predicted molar refractivity (Wildman–Crippen MR) is 125 cm³/mol. The van der Waals surface area contributed by atoms with Crippen LogP contribution in [0.1, 0.15) is 16.7 Å². The van der Waals surface area contributed by atoms with Gasteiger partial charge >= 0.3 is 0 Å². The van der Waals surface area contributed by atoms with E-state index in [0.717, 1.165) is 12.1 Å². The molecule has 0 unspecified atom stereocenters. The van der Waals surface area contributed by atoms with E-state index in [0.29, 0.717) is 28.4 Å². The lowest BCUT2D eigenvalue weighted by Crippen LogP contribution is -2.09. The summed E-state index contributed by atoms with van der Waals surface area (Å²) in [6.07, 6.45) is 3.31. The quantitative estimate of drug-likeness (QED) is 0.387. The number of ether oxygens (including phenoxy) is 4. The summed E-state index contributed by atoms with van der Waals surface area (Å²) in [4.78, 5) is -0.210. The number of hydrogen-bond donors (Lipinski definition) is 0. The molecule has 0 amide bonds. The summed E-state index contributed by atoms with van der Waals surface area (Å²) < 4.78 is 75.2. The number of hydrogen-bond acceptors (Lipinski definition) is 6. The predicted octanol–water partition coefficient (Wildman–Crippen LogP) is 5.14. The zero-order valence-corrected chi connectivity index (χ0v) is 19.9.